The number of hydrogen-bond donors (Lipinski definition) is 0. The molecule has 84 valence electrons. The quantitative estimate of drug-likeness (QED) is 0.771. The van der Waals surface area contributed by atoms with E-state index in [2.05, 4.69) is 9.68 Å². The van der Waals surface area contributed by atoms with E-state index < -0.39 is 6.36 Å². The van der Waals surface area contributed by atoms with Crippen LogP contribution in [0.5, 0.6) is 5.75 Å². The van der Waals surface area contributed by atoms with E-state index in [1.54, 1.807) is 12.1 Å². The second-order valence-corrected chi connectivity index (χ2v) is 5.04. The maximum absolute atomic E-state index is 11.9. The van der Waals surface area contributed by atoms with Crippen LogP contribution in [0.1, 0.15) is 0 Å². The van der Waals surface area contributed by atoms with Crippen LogP contribution in [0.25, 0.3) is 10.0 Å². The molecule has 0 unspecified atom stereocenters. The van der Waals surface area contributed by atoms with Gasteiger partial charge in [0.15, 0.2) is 0 Å². The van der Waals surface area contributed by atoms with E-state index >= 15 is 0 Å². The molecule has 0 saturated carbocycles. The van der Waals surface area contributed by atoms with Gasteiger partial charge in [-0.3, -0.25) is 0 Å². The van der Waals surface area contributed by atoms with E-state index in [1.807, 2.05) is 12.1 Å². The molecule has 0 saturated heterocycles. The standard InChI is InChI=1S/C11H7F3OSe/c12-11(13,14)15-9-5-3-8(4-6-9)10-2-1-7-16-10/h1-7H. The van der Waals surface area contributed by atoms with Crippen molar-refractivity contribution >= 4 is 14.5 Å². The van der Waals surface area contributed by atoms with Gasteiger partial charge in [0, 0.05) is 0 Å². The second-order valence-electron chi connectivity index (χ2n) is 3.05. The van der Waals surface area contributed by atoms with Crippen molar-refractivity contribution in [2.75, 3.05) is 0 Å². The summed E-state index contributed by atoms with van der Waals surface area (Å²) in [4.78, 5) is 2.06. The molecule has 0 fully saturated rings. The molecule has 2 rings (SSSR count). The summed E-state index contributed by atoms with van der Waals surface area (Å²) >= 11 is 0.284. The fraction of sp³-hybridized carbons (Fsp3) is 0.0909. The van der Waals surface area contributed by atoms with Crippen LogP contribution < -0.4 is 4.74 Å². The zero-order chi connectivity index (χ0) is 11.6. The number of ether oxygens (including phenoxy) is 1. The van der Waals surface area contributed by atoms with Gasteiger partial charge in [-0.2, -0.15) is 0 Å². The molecule has 0 atom stereocenters. The number of benzene rings is 1. The molecule has 0 amide bonds. The van der Waals surface area contributed by atoms with Crippen LogP contribution in [0.2, 0.25) is 0 Å². The van der Waals surface area contributed by atoms with Crippen molar-refractivity contribution in [2.24, 2.45) is 0 Å². The Kier molecular flexibility index (Phi) is 3.08. The van der Waals surface area contributed by atoms with E-state index in [0.29, 0.717) is 0 Å². The van der Waals surface area contributed by atoms with E-state index in [-0.39, 0.29) is 20.3 Å². The number of halogens is 3. The number of rotatable bonds is 2. The molecule has 2 aromatic rings. The van der Waals surface area contributed by atoms with Crippen molar-refractivity contribution in [3.63, 3.8) is 0 Å². The Labute approximate surface area is 96.2 Å². The monoisotopic (exact) mass is 292 g/mol. The molecular weight excluding hydrogens is 284 g/mol. The van der Waals surface area contributed by atoms with Gasteiger partial charge in [-0.05, 0) is 0 Å². The van der Waals surface area contributed by atoms with Crippen molar-refractivity contribution in [3.05, 3.63) is 41.3 Å². The summed E-state index contributed by atoms with van der Waals surface area (Å²) in [7, 11) is 0. The van der Waals surface area contributed by atoms with E-state index in [9.17, 15) is 13.2 Å². The zero-order valence-electron chi connectivity index (χ0n) is 7.99. The van der Waals surface area contributed by atoms with Crippen LogP contribution in [0, 0.1) is 0 Å². The molecule has 0 aliphatic rings. The van der Waals surface area contributed by atoms with Gasteiger partial charge < -0.3 is 0 Å². The summed E-state index contributed by atoms with van der Waals surface area (Å²) in [5.74, 6) is -0.185. The molecule has 1 heterocycles. The molecular formula is C11H7F3OSe. The molecule has 5 heteroatoms. The summed E-state index contributed by atoms with van der Waals surface area (Å²) in [6.07, 6.45) is -4.63. The summed E-state index contributed by atoms with van der Waals surface area (Å²) < 4.78 is 40.7. The SMILES string of the molecule is FC(F)(F)Oc1ccc(-c2ccc[se]2)cc1. The van der Waals surface area contributed by atoms with Crippen LogP contribution in [-0.4, -0.2) is 20.9 Å². The Bertz CT molecular complexity index is 445. The Morgan fingerprint density at radius 3 is 2.19 bits per heavy atom. The van der Waals surface area contributed by atoms with Crippen LogP contribution >= 0.6 is 0 Å². The van der Waals surface area contributed by atoms with Gasteiger partial charge in [0.05, 0.1) is 0 Å². The third-order valence-electron chi connectivity index (χ3n) is 1.89. The van der Waals surface area contributed by atoms with Gasteiger partial charge in [-0.1, -0.05) is 0 Å². The summed E-state index contributed by atoms with van der Waals surface area (Å²) in [5, 5.41) is 0. The molecule has 1 aromatic carbocycles. The molecule has 0 radical (unpaired) electrons. The minimum absolute atomic E-state index is 0.185. The summed E-state index contributed by atoms with van der Waals surface area (Å²) in [6.45, 7) is 0. The second kappa shape index (κ2) is 4.36. The first-order chi connectivity index (χ1) is 7.54. The Morgan fingerprint density at radius 1 is 1.00 bits per heavy atom. The van der Waals surface area contributed by atoms with Crippen LogP contribution in [-0.2, 0) is 0 Å². The first kappa shape index (κ1) is 11.3. The zero-order valence-corrected chi connectivity index (χ0v) is 9.70. The predicted octanol–water partition coefficient (Wildman–Crippen LogP) is 3.31. The first-order valence-electron chi connectivity index (χ1n) is 4.44. The van der Waals surface area contributed by atoms with E-state index in [0.717, 1.165) is 10.0 Å². The maximum atomic E-state index is 11.9. The Morgan fingerprint density at radius 2 is 1.69 bits per heavy atom. The third kappa shape index (κ3) is 2.90. The Hall–Kier alpha value is -1.19. The van der Waals surface area contributed by atoms with Gasteiger partial charge in [0.1, 0.15) is 0 Å². The molecule has 16 heavy (non-hydrogen) atoms. The normalized spacial score (nSPS) is 11.4. The third-order valence-corrected chi connectivity index (χ3v) is 3.82. The molecule has 0 bridgehead atoms. The van der Waals surface area contributed by atoms with Gasteiger partial charge in [-0.25, -0.2) is 0 Å². The first-order valence-corrected chi connectivity index (χ1v) is 6.29. The van der Waals surface area contributed by atoms with Crippen LogP contribution in [0.15, 0.2) is 41.3 Å². The van der Waals surface area contributed by atoms with Gasteiger partial charge >= 0.3 is 95.9 Å². The van der Waals surface area contributed by atoms with Crippen molar-refractivity contribution in [1.29, 1.82) is 0 Å². The van der Waals surface area contributed by atoms with Crippen molar-refractivity contribution in [3.8, 4) is 15.8 Å². The van der Waals surface area contributed by atoms with Crippen molar-refractivity contribution < 1.29 is 17.9 Å². The number of alkyl halides is 3. The molecule has 0 spiro atoms. The van der Waals surface area contributed by atoms with Gasteiger partial charge in [0.2, 0.25) is 0 Å². The summed E-state index contributed by atoms with van der Waals surface area (Å²) in [6, 6.07) is 9.87. The molecule has 0 N–H and O–H groups in total. The molecule has 0 aliphatic carbocycles. The topological polar surface area (TPSA) is 9.23 Å². The van der Waals surface area contributed by atoms with Crippen molar-refractivity contribution in [2.45, 2.75) is 6.36 Å². The fourth-order valence-electron chi connectivity index (χ4n) is 1.26. The molecule has 0 aliphatic heterocycles. The summed E-state index contributed by atoms with van der Waals surface area (Å²) in [5.41, 5.74) is 0.944. The van der Waals surface area contributed by atoms with E-state index in [4.69, 9.17) is 0 Å². The molecule has 1 aromatic heterocycles. The van der Waals surface area contributed by atoms with Crippen LogP contribution in [0.4, 0.5) is 13.2 Å². The molecule has 1 nitrogen and oxygen atoms in total. The van der Waals surface area contributed by atoms with Gasteiger partial charge in [0.25, 0.3) is 0 Å². The van der Waals surface area contributed by atoms with E-state index in [1.165, 1.54) is 12.1 Å². The average molecular weight is 291 g/mol. The minimum atomic E-state index is -4.63. The van der Waals surface area contributed by atoms with Gasteiger partial charge in [-0.15, -0.1) is 0 Å². The average Bonchev–Trinajstić information content (AvgIpc) is 2.69. The van der Waals surface area contributed by atoms with Crippen LogP contribution in [0.3, 0.4) is 0 Å². The number of hydrogen-bond acceptors (Lipinski definition) is 1. The predicted molar refractivity (Wildman–Crippen MR) is 55.5 cm³/mol. The van der Waals surface area contributed by atoms with Crippen molar-refractivity contribution in [1.82, 2.24) is 0 Å². The Balaban J connectivity index is 2.17. The fourth-order valence-corrected chi connectivity index (χ4v) is 2.80.